The zero-order valence-corrected chi connectivity index (χ0v) is 13.8. The van der Waals surface area contributed by atoms with E-state index in [-0.39, 0.29) is 11.8 Å². The number of rotatable bonds is 6. The number of carbonyl (C=O) groups is 2. The van der Waals surface area contributed by atoms with E-state index in [2.05, 4.69) is 17.2 Å². The van der Waals surface area contributed by atoms with Crippen molar-refractivity contribution >= 4 is 17.5 Å². The average Bonchev–Trinajstić information content (AvgIpc) is 2.60. The average molecular weight is 324 g/mol. The van der Waals surface area contributed by atoms with E-state index in [0.717, 1.165) is 5.56 Å². The minimum atomic E-state index is -0.308. The van der Waals surface area contributed by atoms with Crippen molar-refractivity contribution in [2.75, 3.05) is 19.0 Å². The van der Waals surface area contributed by atoms with Crippen LogP contribution in [-0.2, 0) is 0 Å². The van der Waals surface area contributed by atoms with E-state index in [4.69, 9.17) is 4.74 Å². The van der Waals surface area contributed by atoms with Gasteiger partial charge in [0.2, 0.25) is 0 Å². The third-order valence-electron chi connectivity index (χ3n) is 3.50. The number of benzene rings is 2. The minimum absolute atomic E-state index is 0.271. The van der Waals surface area contributed by atoms with E-state index in [1.807, 2.05) is 13.0 Å². The van der Waals surface area contributed by atoms with Crippen molar-refractivity contribution in [3.8, 4) is 5.75 Å². The van der Waals surface area contributed by atoms with E-state index < -0.39 is 0 Å². The van der Waals surface area contributed by atoms with Crippen molar-refractivity contribution < 1.29 is 14.3 Å². The van der Waals surface area contributed by atoms with Gasteiger partial charge < -0.3 is 15.4 Å². The smallest absolute Gasteiger partial charge is 0.255 e. The lowest BCUT2D eigenvalue weighted by Gasteiger charge is -2.12. The number of anilines is 1. The first-order chi connectivity index (χ1) is 11.6. The van der Waals surface area contributed by atoms with Gasteiger partial charge in [-0.1, -0.05) is 24.3 Å². The zero-order chi connectivity index (χ0) is 17.5. The van der Waals surface area contributed by atoms with Crippen LogP contribution in [0.1, 0.15) is 26.3 Å². The number of nitrogens with one attached hydrogen (secondary N) is 2. The molecule has 0 unspecified atom stereocenters. The summed E-state index contributed by atoms with van der Waals surface area (Å²) in [7, 11) is 1.56. The van der Waals surface area contributed by atoms with E-state index >= 15 is 0 Å². The van der Waals surface area contributed by atoms with Gasteiger partial charge in [0, 0.05) is 12.1 Å². The lowest BCUT2D eigenvalue weighted by atomic mass is 10.1. The number of methoxy groups -OCH3 is 1. The van der Waals surface area contributed by atoms with Gasteiger partial charge in [0.15, 0.2) is 0 Å². The van der Waals surface area contributed by atoms with Crippen LogP contribution < -0.4 is 15.4 Å². The van der Waals surface area contributed by atoms with Crippen molar-refractivity contribution in [2.24, 2.45) is 0 Å². The quantitative estimate of drug-likeness (QED) is 0.802. The summed E-state index contributed by atoms with van der Waals surface area (Å²) >= 11 is 0. The van der Waals surface area contributed by atoms with E-state index in [0.29, 0.717) is 29.1 Å². The molecule has 2 rings (SSSR count). The minimum Gasteiger partial charge on any atom is -0.496 e. The van der Waals surface area contributed by atoms with Crippen LogP contribution in [-0.4, -0.2) is 25.5 Å². The SMILES string of the molecule is C=CCNC(=O)c1ccccc1NC(=O)c1ccc(C)c(OC)c1. The molecule has 24 heavy (non-hydrogen) atoms. The highest BCUT2D eigenvalue weighted by molar-refractivity contribution is 6.09. The molecule has 0 aliphatic rings. The fourth-order valence-electron chi connectivity index (χ4n) is 2.21. The molecule has 124 valence electrons. The Bertz CT molecular complexity index is 769. The number of aryl methyl sites for hydroxylation is 1. The molecule has 0 radical (unpaired) electrons. The van der Waals surface area contributed by atoms with Crippen LogP contribution in [0.15, 0.2) is 55.1 Å². The largest absolute Gasteiger partial charge is 0.496 e. The van der Waals surface area contributed by atoms with Crippen molar-refractivity contribution in [1.82, 2.24) is 5.32 Å². The Morgan fingerprint density at radius 1 is 1.17 bits per heavy atom. The van der Waals surface area contributed by atoms with Crippen LogP contribution in [0.2, 0.25) is 0 Å². The van der Waals surface area contributed by atoms with Crippen LogP contribution in [0.25, 0.3) is 0 Å². The van der Waals surface area contributed by atoms with E-state index in [9.17, 15) is 9.59 Å². The number of carbonyl (C=O) groups excluding carboxylic acids is 2. The molecule has 0 heterocycles. The molecule has 5 heteroatoms. The van der Waals surface area contributed by atoms with Crippen molar-refractivity contribution in [2.45, 2.75) is 6.92 Å². The van der Waals surface area contributed by atoms with Crippen molar-refractivity contribution in [3.63, 3.8) is 0 Å². The summed E-state index contributed by atoms with van der Waals surface area (Å²) in [6.07, 6.45) is 1.59. The lowest BCUT2D eigenvalue weighted by Crippen LogP contribution is -2.25. The first-order valence-electron chi connectivity index (χ1n) is 7.51. The fraction of sp³-hybridized carbons (Fsp3) is 0.158. The van der Waals surface area contributed by atoms with E-state index in [1.54, 1.807) is 49.6 Å². The number of hydrogen-bond donors (Lipinski definition) is 2. The molecule has 2 amide bonds. The molecule has 0 fully saturated rings. The highest BCUT2D eigenvalue weighted by Gasteiger charge is 2.14. The molecule has 2 N–H and O–H groups in total. The zero-order valence-electron chi connectivity index (χ0n) is 13.8. The second kappa shape index (κ2) is 7.97. The number of amides is 2. The molecule has 0 saturated carbocycles. The molecule has 0 saturated heterocycles. The Hall–Kier alpha value is -3.08. The summed E-state index contributed by atoms with van der Waals surface area (Å²) in [4.78, 5) is 24.6. The Balaban J connectivity index is 2.23. The van der Waals surface area contributed by atoms with Gasteiger partial charge >= 0.3 is 0 Å². The molecule has 0 atom stereocenters. The highest BCUT2D eigenvalue weighted by Crippen LogP contribution is 2.21. The molecular formula is C19H20N2O3. The molecule has 2 aromatic rings. The molecule has 0 bridgehead atoms. The van der Waals surface area contributed by atoms with Crippen molar-refractivity contribution in [3.05, 3.63) is 71.8 Å². The summed E-state index contributed by atoms with van der Waals surface area (Å²) in [6, 6.07) is 12.0. The van der Waals surface area contributed by atoms with Crippen molar-refractivity contribution in [1.29, 1.82) is 0 Å². The van der Waals surface area contributed by atoms with Gasteiger partial charge in [-0.3, -0.25) is 9.59 Å². The second-order valence-corrected chi connectivity index (χ2v) is 5.18. The van der Waals surface area contributed by atoms with Crippen LogP contribution >= 0.6 is 0 Å². The second-order valence-electron chi connectivity index (χ2n) is 5.18. The first kappa shape index (κ1) is 17.3. The molecule has 0 aromatic heterocycles. The van der Waals surface area contributed by atoms with Crippen LogP contribution in [0.5, 0.6) is 5.75 Å². The fourth-order valence-corrected chi connectivity index (χ4v) is 2.21. The number of para-hydroxylation sites is 1. The Morgan fingerprint density at radius 3 is 2.62 bits per heavy atom. The Kier molecular flexibility index (Phi) is 5.73. The van der Waals surface area contributed by atoms with E-state index in [1.165, 1.54) is 0 Å². The van der Waals surface area contributed by atoms with Gasteiger partial charge in [-0.25, -0.2) is 0 Å². The molecule has 0 aliphatic heterocycles. The third-order valence-corrected chi connectivity index (χ3v) is 3.50. The summed E-state index contributed by atoms with van der Waals surface area (Å²) in [6.45, 7) is 5.82. The number of hydrogen-bond acceptors (Lipinski definition) is 3. The maximum atomic E-state index is 12.5. The maximum absolute atomic E-state index is 12.5. The normalized spacial score (nSPS) is 9.92. The predicted octanol–water partition coefficient (Wildman–Crippen LogP) is 3.17. The third kappa shape index (κ3) is 4.01. The Morgan fingerprint density at radius 2 is 1.92 bits per heavy atom. The van der Waals surface area contributed by atoms with Gasteiger partial charge in [0.1, 0.15) is 5.75 Å². The topological polar surface area (TPSA) is 67.4 Å². The van der Waals surface area contributed by atoms with Gasteiger partial charge in [-0.05, 0) is 36.8 Å². The maximum Gasteiger partial charge on any atom is 0.255 e. The molecular weight excluding hydrogens is 304 g/mol. The summed E-state index contributed by atoms with van der Waals surface area (Å²) in [5.74, 6) is 0.0595. The lowest BCUT2D eigenvalue weighted by molar-refractivity contribution is 0.0959. The standard InChI is InChI=1S/C19H20N2O3/c1-4-11-20-19(23)15-7-5-6-8-16(15)21-18(22)14-10-9-13(2)17(12-14)24-3/h4-10,12H,1,11H2,2-3H3,(H,20,23)(H,21,22). The van der Waals surface area contributed by atoms with Crippen LogP contribution in [0.3, 0.4) is 0 Å². The van der Waals surface area contributed by atoms with Gasteiger partial charge in [-0.15, -0.1) is 6.58 Å². The van der Waals surface area contributed by atoms with Gasteiger partial charge in [0.25, 0.3) is 11.8 Å². The van der Waals surface area contributed by atoms with Crippen LogP contribution in [0.4, 0.5) is 5.69 Å². The summed E-state index contributed by atoms with van der Waals surface area (Å²) in [5.41, 5.74) is 2.24. The summed E-state index contributed by atoms with van der Waals surface area (Å²) in [5, 5.41) is 5.47. The molecule has 5 nitrogen and oxygen atoms in total. The highest BCUT2D eigenvalue weighted by atomic mass is 16.5. The Labute approximate surface area is 141 Å². The molecule has 2 aromatic carbocycles. The number of ether oxygens (including phenoxy) is 1. The first-order valence-corrected chi connectivity index (χ1v) is 7.51. The molecule has 0 aliphatic carbocycles. The monoisotopic (exact) mass is 324 g/mol. The summed E-state index contributed by atoms with van der Waals surface area (Å²) < 4.78 is 5.24. The van der Waals surface area contributed by atoms with Gasteiger partial charge in [-0.2, -0.15) is 0 Å². The predicted molar refractivity (Wildman–Crippen MR) is 94.7 cm³/mol. The van der Waals surface area contributed by atoms with Gasteiger partial charge in [0.05, 0.1) is 18.4 Å². The van der Waals surface area contributed by atoms with Crippen LogP contribution in [0, 0.1) is 6.92 Å². The molecule has 0 spiro atoms.